The van der Waals surface area contributed by atoms with Crippen LogP contribution in [0.5, 0.6) is 5.75 Å². The zero-order valence-corrected chi connectivity index (χ0v) is 22.8. The van der Waals surface area contributed by atoms with Crippen LogP contribution in [-0.4, -0.2) is 51.1 Å². The summed E-state index contributed by atoms with van der Waals surface area (Å²) >= 11 is 0. The first kappa shape index (κ1) is 26.0. The predicted octanol–water partition coefficient (Wildman–Crippen LogP) is 5.47. The highest BCUT2D eigenvalue weighted by Crippen LogP contribution is 2.43. The van der Waals surface area contributed by atoms with E-state index in [1.807, 2.05) is 57.2 Å². The van der Waals surface area contributed by atoms with Crippen LogP contribution in [0.25, 0.3) is 0 Å². The number of likely N-dealkylation sites (tertiary alicyclic amines) is 1. The lowest BCUT2D eigenvalue weighted by Gasteiger charge is -2.45. The molecule has 8 heteroatoms. The summed E-state index contributed by atoms with van der Waals surface area (Å²) < 4.78 is 11.1. The molecule has 5 rings (SSSR count). The predicted molar refractivity (Wildman–Crippen MR) is 145 cm³/mol. The van der Waals surface area contributed by atoms with Gasteiger partial charge in [-0.3, -0.25) is 19.5 Å². The van der Waals surface area contributed by atoms with Crippen molar-refractivity contribution in [1.82, 2.24) is 15.0 Å². The number of benzene rings is 2. The number of nitrogens with zero attached hydrogens (tertiary/aromatic N) is 4. The van der Waals surface area contributed by atoms with Crippen molar-refractivity contribution in [3.63, 3.8) is 0 Å². The van der Waals surface area contributed by atoms with Gasteiger partial charge in [0.2, 0.25) is 0 Å². The number of ether oxygens (including phenoxy) is 1. The maximum absolute atomic E-state index is 14.1. The van der Waals surface area contributed by atoms with E-state index < -0.39 is 5.54 Å². The molecule has 1 spiro atoms. The zero-order valence-electron chi connectivity index (χ0n) is 22.8. The van der Waals surface area contributed by atoms with Crippen LogP contribution in [0.15, 0.2) is 59.1 Å². The van der Waals surface area contributed by atoms with E-state index in [-0.39, 0.29) is 30.6 Å². The van der Waals surface area contributed by atoms with Gasteiger partial charge in [0.1, 0.15) is 22.7 Å². The van der Waals surface area contributed by atoms with E-state index in [4.69, 9.17) is 9.26 Å². The molecule has 2 aliphatic heterocycles. The molecule has 2 atom stereocenters. The van der Waals surface area contributed by atoms with Crippen molar-refractivity contribution in [2.24, 2.45) is 0 Å². The molecule has 0 saturated carbocycles. The number of hydrogen-bond donors (Lipinski definition) is 0. The topological polar surface area (TPSA) is 79.1 Å². The first-order chi connectivity index (χ1) is 18.2. The van der Waals surface area contributed by atoms with Gasteiger partial charge >= 0.3 is 6.03 Å². The molecular formula is C30H36N4O4. The molecular weight excluding hydrogens is 480 g/mol. The average Bonchev–Trinajstić information content (AvgIpc) is 3.35. The number of urea groups is 1. The van der Waals surface area contributed by atoms with Crippen LogP contribution >= 0.6 is 0 Å². The van der Waals surface area contributed by atoms with Crippen LogP contribution in [-0.2, 0) is 17.9 Å². The van der Waals surface area contributed by atoms with Gasteiger partial charge in [0.25, 0.3) is 5.91 Å². The van der Waals surface area contributed by atoms with Crippen LogP contribution < -0.4 is 9.64 Å². The second-order valence-corrected chi connectivity index (χ2v) is 10.9. The molecule has 2 saturated heterocycles. The monoisotopic (exact) mass is 516 g/mol. The summed E-state index contributed by atoms with van der Waals surface area (Å²) in [5.41, 5.74) is 2.58. The molecule has 1 unspecified atom stereocenters. The van der Waals surface area contributed by atoms with Gasteiger partial charge in [0.05, 0.1) is 12.6 Å². The maximum atomic E-state index is 14.1. The molecule has 2 aliphatic rings. The third-order valence-electron chi connectivity index (χ3n) is 7.48. The second kappa shape index (κ2) is 10.3. The van der Waals surface area contributed by atoms with Crippen LogP contribution in [0, 0.1) is 13.8 Å². The number of hydrogen-bond acceptors (Lipinski definition) is 6. The Hall–Kier alpha value is -3.65. The fourth-order valence-electron chi connectivity index (χ4n) is 5.78. The average molecular weight is 517 g/mol. The Morgan fingerprint density at radius 1 is 1.08 bits per heavy atom. The van der Waals surface area contributed by atoms with E-state index in [2.05, 4.69) is 29.1 Å². The molecule has 3 amide bonds. The molecule has 0 radical (unpaired) electrons. The number of piperidine rings is 1. The van der Waals surface area contributed by atoms with Gasteiger partial charge in [0.15, 0.2) is 0 Å². The normalized spacial score (nSPS) is 22.2. The van der Waals surface area contributed by atoms with Crippen LogP contribution in [0.3, 0.4) is 0 Å². The Labute approximate surface area is 224 Å². The quantitative estimate of drug-likeness (QED) is 0.388. The Morgan fingerprint density at radius 3 is 2.55 bits per heavy atom. The summed E-state index contributed by atoms with van der Waals surface area (Å²) in [4.78, 5) is 33.4. The summed E-state index contributed by atoms with van der Waals surface area (Å²) in [5, 5.41) is 4.03. The third-order valence-corrected chi connectivity index (χ3v) is 7.48. The molecule has 0 bridgehead atoms. The lowest BCUT2D eigenvalue weighted by atomic mass is 9.81. The van der Waals surface area contributed by atoms with Gasteiger partial charge in [-0.05, 0) is 82.9 Å². The molecule has 1 aromatic heterocycles. The number of aryl methyl sites for hydroxylation is 2. The Bertz CT molecular complexity index is 1340. The van der Waals surface area contributed by atoms with Gasteiger partial charge in [-0.25, -0.2) is 4.79 Å². The van der Waals surface area contributed by atoms with Gasteiger partial charge in [-0.1, -0.05) is 29.4 Å². The molecule has 2 aromatic carbocycles. The smallest absolute Gasteiger partial charge is 0.332 e. The Balaban J connectivity index is 1.42. The highest BCUT2D eigenvalue weighted by Gasteiger charge is 2.59. The highest BCUT2D eigenvalue weighted by atomic mass is 16.5. The first-order valence-corrected chi connectivity index (χ1v) is 13.3. The van der Waals surface area contributed by atoms with Crippen LogP contribution in [0.2, 0.25) is 0 Å². The summed E-state index contributed by atoms with van der Waals surface area (Å²) in [7, 11) is 0. The Kier molecular flexibility index (Phi) is 7.01. The Morgan fingerprint density at radius 2 is 1.87 bits per heavy atom. The number of carbonyl (C=O) groups is 2. The molecule has 38 heavy (non-hydrogen) atoms. The molecule has 8 nitrogen and oxygen atoms in total. The van der Waals surface area contributed by atoms with E-state index in [0.717, 1.165) is 23.5 Å². The SMILES string of the molecule is Cc1cccc(N2C(=O)N(Cc3cc(C)on3)C(=O)C23CCN(Cc2cccc(OC(C)C)c2)[C@@H](C)C3)c1. The van der Waals surface area contributed by atoms with Crippen molar-refractivity contribution in [3.8, 4) is 5.75 Å². The van der Waals surface area contributed by atoms with Crippen molar-refractivity contribution < 1.29 is 18.8 Å². The van der Waals surface area contributed by atoms with Crippen LogP contribution in [0.1, 0.15) is 56.2 Å². The van der Waals surface area contributed by atoms with E-state index in [1.165, 1.54) is 10.5 Å². The molecule has 0 N–H and O–H groups in total. The number of imide groups is 1. The van der Waals surface area contributed by atoms with Gasteiger partial charge in [0, 0.05) is 30.9 Å². The molecule has 200 valence electrons. The number of aromatic nitrogens is 1. The minimum atomic E-state index is -0.942. The molecule has 0 aliphatic carbocycles. The number of rotatable bonds is 7. The minimum Gasteiger partial charge on any atom is -0.491 e. The largest absolute Gasteiger partial charge is 0.491 e. The van der Waals surface area contributed by atoms with E-state index >= 15 is 0 Å². The standard InChI is InChI=1S/C30H36N4O4/c1-20(2)37-27-11-7-9-24(16-27)18-32-13-12-30(17-22(32)4)28(35)33(19-25-15-23(5)38-31-25)29(36)34(30)26-10-6-8-21(3)14-26/h6-11,14-16,20,22H,12-13,17-19H2,1-5H3/t22-,30?/m0/s1. The van der Waals surface area contributed by atoms with E-state index in [9.17, 15) is 9.59 Å². The summed E-state index contributed by atoms with van der Waals surface area (Å²) in [6, 6.07) is 17.6. The summed E-state index contributed by atoms with van der Waals surface area (Å²) in [6.07, 6.45) is 1.20. The first-order valence-electron chi connectivity index (χ1n) is 13.3. The number of anilines is 1. The zero-order chi connectivity index (χ0) is 27.0. The van der Waals surface area contributed by atoms with Gasteiger partial charge in [-0.15, -0.1) is 0 Å². The third kappa shape index (κ3) is 4.92. The lowest BCUT2D eigenvalue weighted by molar-refractivity contribution is -0.133. The number of amides is 3. The van der Waals surface area contributed by atoms with E-state index in [1.54, 1.807) is 17.9 Å². The number of carbonyl (C=O) groups excluding carboxylic acids is 2. The van der Waals surface area contributed by atoms with Crippen molar-refractivity contribution in [3.05, 3.63) is 77.2 Å². The van der Waals surface area contributed by atoms with Crippen LogP contribution in [0.4, 0.5) is 10.5 Å². The van der Waals surface area contributed by atoms with Crippen molar-refractivity contribution >= 4 is 17.6 Å². The molecule has 2 fully saturated rings. The highest BCUT2D eigenvalue weighted by molar-refractivity contribution is 6.17. The van der Waals surface area contributed by atoms with Crippen molar-refractivity contribution in [2.75, 3.05) is 11.4 Å². The fraction of sp³-hybridized carbons (Fsp3) is 0.433. The molecule has 3 aromatic rings. The lowest BCUT2D eigenvalue weighted by Crippen LogP contribution is -2.59. The second-order valence-electron chi connectivity index (χ2n) is 10.9. The van der Waals surface area contributed by atoms with Gasteiger partial charge < -0.3 is 9.26 Å². The van der Waals surface area contributed by atoms with Gasteiger partial charge in [-0.2, -0.15) is 0 Å². The molecule has 3 heterocycles. The minimum absolute atomic E-state index is 0.0803. The summed E-state index contributed by atoms with van der Waals surface area (Å²) in [6.45, 7) is 11.5. The summed E-state index contributed by atoms with van der Waals surface area (Å²) in [5.74, 6) is 1.34. The van der Waals surface area contributed by atoms with Crippen molar-refractivity contribution in [1.29, 1.82) is 0 Å². The maximum Gasteiger partial charge on any atom is 0.332 e. The van der Waals surface area contributed by atoms with E-state index in [0.29, 0.717) is 30.8 Å². The van der Waals surface area contributed by atoms with Crippen molar-refractivity contribution in [2.45, 2.75) is 78.2 Å². The fourth-order valence-corrected chi connectivity index (χ4v) is 5.78.